The molecule has 13 heavy (non-hydrogen) atoms. The van der Waals surface area contributed by atoms with Crippen LogP contribution in [0.1, 0.15) is 35.5 Å². The van der Waals surface area contributed by atoms with E-state index in [1.807, 2.05) is 5.38 Å². The molecule has 72 valence electrons. The molecule has 1 rings (SSSR count). The number of carboxylic acid groups (broad SMARTS) is 1. The SMILES string of the molecule is CC(C)CCc1csc(C(=O)O)c1. The van der Waals surface area contributed by atoms with Crippen molar-refractivity contribution in [2.24, 2.45) is 5.92 Å². The molecular formula is C10H14O2S. The molecule has 3 heteroatoms. The molecule has 0 spiro atoms. The van der Waals surface area contributed by atoms with Crippen molar-refractivity contribution in [2.75, 3.05) is 0 Å². The Bertz CT molecular complexity index is 289. The fraction of sp³-hybridized carbons (Fsp3) is 0.500. The van der Waals surface area contributed by atoms with E-state index in [0.29, 0.717) is 10.8 Å². The van der Waals surface area contributed by atoms with Crippen molar-refractivity contribution in [3.8, 4) is 0 Å². The average molecular weight is 198 g/mol. The number of rotatable bonds is 4. The van der Waals surface area contributed by atoms with E-state index in [2.05, 4.69) is 13.8 Å². The second-order valence-electron chi connectivity index (χ2n) is 3.56. The van der Waals surface area contributed by atoms with Gasteiger partial charge in [-0.25, -0.2) is 4.79 Å². The fourth-order valence-electron chi connectivity index (χ4n) is 1.07. The van der Waals surface area contributed by atoms with Crippen molar-refractivity contribution in [3.05, 3.63) is 21.9 Å². The van der Waals surface area contributed by atoms with Crippen LogP contribution < -0.4 is 0 Å². The van der Waals surface area contributed by atoms with Crippen LogP contribution >= 0.6 is 11.3 Å². The Balaban J connectivity index is 2.54. The highest BCUT2D eigenvalue weighted by molar-refractivity contribution is 7.12. The van der Waals surface area contributed by atoms with Gasteiger partial charge >= 0.3 is 5.97 Å². The number of aromatic carboxylic acids is 1. The van der Waals surface area contributed by atoms with Gasteiger partial charge in [0.2, 0.25) is 0 Å². The lowest BCUT2D eigenvalue weighted by Gasteiger charge is -2.00. The molecule has 1 heterocycles. The van der Waals surface area contributed by atoms with Crippen LogP contribution in [0.4, 0.5) is 0 Å². The third kappa shape index (κ3) is 3.19. The first-order chi connectivity index (χ1) is 6.09. The lowest BCUT2D eigenvalue weighted by atomic mass is 10.0. The average Bonchev–Trinajstić information content (AvgIpc) is 2.48. The predicted molar refractivity (Wildman–Crippen MR) is 54.4 cm³/mol. The molecule has 1 aromatic heterocycles. The standard InChI is InChI=1S/C10H14O2S/c1-7(2)3-4-8-5-9(10(11)12)13-6-8/h5-7H,3-4H2,1-2H3,(H,11,12). The Kier molecular flexibility index (Phi) is 3.48. The van der Waals surface area contributed by atoms with Gasteiger partial charge in [0.25, 0.3) is 0 Å². The summed E-state index contributed by atoms with van der Waals surface area (Å²) in [6, 6.07) is 1.77. The van der Waals surface area contributed by atoms with Crippen LogP contribution in [-0.4, -0.2) is 11.1 Å². The summed E-state index contributed by atoms with van der Waals surface area (Å²) in [5, 5.41) is 10.6. The minimum atomic E-state index is -0.819. The summed E-state index contributed by atoms with van der Waals surface area (Å²) < 4.78 is 0. The van der Waals surface area contributed by atoms with Gasteiger partial charge in [-0.1, -0.05) is 13.8 Å². The van der Waals surface area contributed by atoms with Gasteiger partial charge in [-0.2, -0.15) is 0 Å². The van der Waals surface area contributed by atoms with Crippen molar-refractivity contribution in [2.45, 2.75) is 26.7 Å². The van der Waals surface area contributed by atoms with Gasteiger partial charge in [0.1, 0.15) is 4.88 Å². The van der Waals surface area contributed by atoms with E-state index in [0.717, 1.165) is 18.4 Å². The van der Waals surface area contributed by atoms with E-state index in [-0.39, 0.29) is 0 Å². The Labute approximate surface area is 82.2 Å². The number of hydrogen-bond donors (Lipinski definition) is 1. The predicted octanol–water partition coefficient (Wildman–Crippen LogP) is 3.03. The van der Waals surface area contributed by atoms with E-state index in [1.165, 1.54) is 11.3 Å². The number of carbonyl (C=O) groups is 1. The summed E-state index contributed by atoms with van der Waals surface area (Å²) in [7, 11) is 0. The van der Waals surface area contributed by atoms with Crippen LogP contribution in [0.3, 0.4) is 0 Å². The Morgan fingerprint density at radius 3 is 2.77 bits per heavy atom. The first kappa shape index (κ1) is 10.3. The molecule has 0 saturated carbocycles. The second kappa shape index (κ2) is 4.42. The highest BCUT2D eigenvalue weighted by Gasteiger charge is 2.06. The molecule has 0 aliphatic heterocycles. The molecule has 0 aliphatic carbocycles. The number of carboxylic acids is 1. The summed E-state index contributed by atoms with van der Waals surface area (Å²) in [4.78, 5) is 11.0. The molecule has 2 nitrogen and oxygen atoms in total. The molecule has 1 N–H and O–H groups in total. The Hall–Kier alpha value is -0.830. The van der Waals surface area contributed by atoms with Crippen molar-refractivity contribution in [1.82, 2.24) is 0 Å². The minimum Gasteiger partial charge on any atom is -0.477 e. The van der Waals surface area contributed by atoms with Gasteiger partial charge in [-0.05, 0) is 35.8 Å². The Morgan fingerprint density at radius 2 is 2.31 bits per heavy atom. The molecule has 0 aliphatic rings. The summed E-state index contributed by atoms with van der Waals surface area (Å²) >= 11 is 1.31. The molecule has 0 radical (unpaired) electrons. The van der Waals surface area contributed by atoms with Gasteiger partial charge in [-0.15, -0.1) is 11.3 Å². The number of aryl methyl sites for hydroxylation is 1. The number of thiophene rings is 1. The normalized spacial score (nSPS) is 10.7. The first-order valence-corrected chi connectivity index (χ1v) is 5.28. The van der Waals surface area contributed by atoms with Gasteiger partial charge in [-0.3, -0.25) is 0 Å². The topological polar surface area (TPSA) is 37.3 Å². The largest absolute Gasteiger partial charge is 0.477 e. The lowest BCUT2D eigenvalue weighted by Crippen LogP contribution is -1.92. The third-order valence-corrected chi connectivity index (χ3v) is 2.84. The minimum absolute atomic E-state index is 0.443. The second-order valence-corrected chi connectivity index (χ2v) is 4.47. The van der Waals surface area contributed by atoms with E-state index >= 15 is 0 Å². The maximum Gasteiger partial charge on any atom is 0.345 e. The van der Waals surface area contributed by atoms with E-state index in [1.54, 1.807) is 6.07 Å². The zero-order chi connectivity index (χ0) is 9.84. The molecule has 0 bridgehead atoms. The maximum atomic E-state index is 10.6. The van der Waals surface area contributed by atoms with E-state index in [4.69, 9.17) is 5.11 Å². The fourth-order valence-corrected chi connectivity index (χ4v) is 1.86. The molecular weight excluding hydrogens is 184 g/mol. The quantitative estimate of drug-likeness (QED) is 0.807. The summed E-state index contributed by atoms with van der Waals surface area (Å²) in [5.41, 5.74) is 1.15. The van der Waals surface area contributed by atoms with Gasteiger partial charge in [0.05, 0.1) is 0 Å². The van der Waals surface area contributed by atoms with Crippen LogP contribution in [0.25, 0.3) is 0 Å². The van der Waals surface area contributed by atoms with Gasteiger partial charge in [0, 0.05) is 0 Å². The zero-order valence-electron chi connectivity index (χ0n) is 7.91. The summed E-state index contributed by atoms with van der Waals surface area (Å²) in [5.74, 6) is -0.144. The molecule has 0 aromatic carbocycles. The van der Waals surface area contributed by atoms with Crippen molar-refractivity contribution >= 4 is 17.3 Å². The molecule has 0 fully saturated rings. The van der Waals surface area contributed by atoms with Crippen molar-refractivity contribution in [1.29, 1.82) is 0 Å². The van der Waals surface area contributed by atoms with Crippen LogP contribution in [0.15, 0.2) is 11.4 Å². The van der Waals surface area contributed by atoms with E-state index in [9.17, 15) is 4.79 Å². The first-order valence-electron chi connectivity index (χ1n) is 4.40. The molecule has 1 aromatic rings. The number of hydrogen-bond acceptors (Lipinski definition) is 2. The monoisotopic (exact) mass is 198 g/mol. The smallest absolute Gasteiger partial charge is 0.345 e. The van der Waals surface area contributed by atoms with Crippen LogP contribution in [0, 0.1) is 5.92 Å². The zero-order valence-corrected chi connectivity index (χ0v) is 8.73. The van der Waals surface area contributed by atoms with Gasteiger partial charge in [0.15, 0.2) is 0 Å². The van der Waals surface area contributed by atoms with Gasteiger partial charge < -0.3 is 5.11 Å². The summed E-state index contributed by atoms with van der Waals surface area (Å²) in [6.07, 6.45) is 2.11. The van der Waals surface area contributed by atoms with Crippen LogP contribution in [0.5, 0.6) is 0 Å². The van der Waals surface area contributed by atoms with Crippen LogP contribution in [0.2, 0.25) is 0 Å². The highest BCUT2D eigenvalue weighted by atomic mass is 32.1. The lowest BCUT2D eigenvalue weighted by molar-refractivity contribution is 0.0702. The van der Waals surface area contributed by atoms with Crippen molar-refractivity contribution in [3.63, 3.8) is 0 Å². The third-order valence-electron chi connectivity index (χ3n) is 1.87. The maximum absolute atomic E-state index is 10.6. The van der Waals surface area contributed by atoms with E-state index < -0.39 is 5.97 Å². The molecule has 0 amide bonds. The summed E-state index contributed by atoms with van der Waals surface area (Å²) in [6.45, 7) is 4.34. The highest BCUT2D eigenvalue weighted by Crippen LogP contribution is 2.17. The van der Waals surface area contributed by atoms with Crippen LogP contribution in [-0.2, 0) is 6.42 Å². The molecule has 0 unspecified atom stereocenters. The molecule has 0 atom stereocenters. The molecule has 0 saturated heterocycles. The van der Waals surface area contributed by atoms with Crippen molar-refractivity contribution < 1.29 is 9.90 Å². The Morgan fingerprint density at radius 1 is 1.62 bits per heavy atom.